The first kappa shape index (κ1) is 15.0. The third kappa shape index (κ3) is 3.03. The Labute approximate surface area is 115 Å². The number of aliphatic carboxylic acids is 1. The number of hydrogen-bond donors (Lipinski definition) is 2. The number of aliphatic hydroxyl groups is 1. The van der Waals surface area contributed by atoms with Gasteiger partial charge in [0.2, 0.25) is 0 Å². The van der Waals surface area contributed by atoms with Gasteiger partial charge in [0.25, 0.3) is 0 Å². The molecule has 0 aromatic heterocycles. The Morgan fingerprint density at radius 3 is 2.33 bits per heavy atom. The number of methoxy groups -OCH3 is 1. The minimum Gasteiger partial charge on any atom is -0.496 e. The molecule has 1 aromatic carbocycles. The maximum absolute atomic E-state index is 10.9. The van der Waals surface area contributed by atoms with Crippen LogP contribution in [0.1, 0.15) is 38.0 Å². The molecule has 5 heteroatoms. The van der Waals surface area contributed by atoms with Gasteiger partial charge in [-0.1, -0.05) is 36.7 Å². The third-order valence-electron chi connectivity index (χ3n) is 2.62. The summed E-state index contributed by atoms with van der Waals surface area (Å²) in [5.41, 5.74) is 0.876. The Morgan fingerprint density at radius 1 is 1.39 bits per heavy atom. The van der Waals surface area contributed by atoms with Gasteiger partial charge in [-0.25, -0.2) is 4.79 Å². The Kier molecular flexibility index (Phi) is 4.40. The van der Waals surface area contributed by atoms with E-state index in [9.17, 15) is 9.90 Å². The van der Waals surface area contributed by atoms with Crippen LogP contribution in [0.2, 0.25) is 0 Å². The number of halogens is 1. The monoisotopic (exact) mass is 316 g/mol. The molecule has 0 heterocycles. The summed E-state index contributed by atoms with van der Waals surface area (Å²) in [5, 5.41) is 18.6. The van der Waals surface area contributed by atoms with E-state index in [4.69, 9.17) is 9.84 Å². The molecule has 0 bridgehead atoms. The fourth-order valence-electron chi connectivity index (χ4n) is 1.74. The van der Waals surface area contributed by atoms with Crippen LogP contribution in [0.5, 0.6) is 5.75 Å². The van der Waals surface area contributed by atoms with Gasteiger partial charge in [0.15, 0.2) is 6.10 Å². The fourth-order valence-corrected chi connectivity index (χ4v) is 2.21. The molecule has 1 atom stereocenters. The number of carboxylic acid groups (broad SMARTS) is 1. The second kappa shape index (κ2) is 5.28. The van der Waals surface area contributed by atoms with E-state index in [0.717, 1.165) is 5.56 Å². The summed E-state index contributed by atoms with van der Waals surface area (Å²) >= 11 is 3.33. The molecule has 0 aliphatic heterocycles. The summed E-state index contributed by atoms with van der Waals surface area (Å²) in [6.07, 6.45) is -1.60. The average Bonchev–Trinajstić information content (AvgIpc) is 2.25. The standard InChI is InChI=1S/C13H17BrO4/c1-13(2,3)9-6-7(14)5-8(11(9)18-4)10(15)12(16)17/h5-6,10,15H,1-4H3,(H,16,17). The summed E-state index contributed by atoms with van der Waals surface area (Å²) < 4.78 is 6.00. The molecular formula is C13H17BrO4. The zero-order chi connectivity index (χ0) is 14.1. The smallest absolute Gasteiger partial charge is 0.337 e. The van der Waals surface area contributed by atoms with Gasteiger partial charge in [0, 0.05) is 15.6 Å². The second-order valence-corrected chi connectivity index (χ2v) is 5.98. The van der Waals surface area contributed by atoms with E-state index in [-0.39, 0.29) is 11.0 Å². The first-order valence-electron chi connectivity index (χ1n) is 5.47. The van der Waals surface area contributed by atoms with E-state index in [1.807, 2.05) is 26.8 Å². The Morgan fingerprint density at radius 2 is 1.94 bits per heavy atom. The molecule has 0 fully saturated rings. The molecule has 1 unspecified atom stereocenters. The van der Waals surface area contributed by atoms with Gasteiger partial charge < -0.3 is 14.9 Å². The molecule has 1 rings (SSSR count). The van der Waals surface area contributed by atoms with Gasteiger partial charge in [-0.3, -0.25) is 0 Å². The SMILES string of the molecule is COc1c(C(O)C(=O)O)cc(Br)cc1C(C)(C)C. The maximum Gasteiger partial charge on any atom is 0.337 e. The molecule has 18 heavy (non-hydrogen) atoms. The third-order valence-corrected chi connectivity index (χ3v) is 3.08. The van der Waals surface area contributed by atoms with Crippen LogP contribution in [-0.2, 0) is 10.2 Å². The lowest BCUT2D eigenvalue weighted by Gasteiger charge is -2.25. The molecule has 0 saturated heterocycles. The quantitative estimate of drug-likeness (QED) is 0.899. The van der Waals surface area contributed by atoms with Gasteiger partial charge in [-0.2, -0.15) is 0 Å². The average molecular weight is 317 g/mol. The minimum absolute atomic E-state index is 0.220. The van der Waals surface area contributed by atoms with Crippen LogP contribution in [0.15, 0.2) is 16.6 Å². The summed E-state index contributed by atoms with van der Waals surface area (Å²) in [6.45, 7) is 5.98. The molecule has 0 radical (unpaired) electrons. The number of benzene rings is 1. The van der Waals surface area contributed by atoms with E-state index in [0.29, 0.717) is 10.2 Å². The number of ether oxygens (including phenoxy) is 1. The molecule has 100 valence electrons. The van der Waals surface area contributed by atoms with Gasteiger partial charge in [0.1, 0.15) is 5.75 Å². The number of rotatable bonds is 3. The van der Waals surface area contributed by atoms with Crippen molar-refractivity contribution < 1.29 is 19.7 Å². The number of carbonyl (C=O) groups is 1. The number of carboxylic acids is 1. The highest BCUT2D eigenvalue weighted by Gasteiger charge is 2.27. The molecular weight excluding hydrogens is 300 g/mol. The van der Waals surface area contributed by atoms with Crippen molar-refractivity contribution in [3.63, 3.8) is 0 Å². The first-order valence-corrected chi connectivity index (χ1v) is 6.26. The van der Waals surface area contributed by atoms with Gasteiger partial charge in [-0.15, -0.1) is 0 Å². The maximum atomic E-state index is 10.9. The van der Waals surface area contributed by atoms with Crippen LogP contribution in [-0.4, -0.2) is 23.3 Å². The first-order chi connectivity index (χ1) is 8.18. The highest BCUT2D eigenvalue weighted by atomic mass is 79.9. The summed E-state index contributed by atoms with van der Waals surface area (Å²) in [7, 11) is 1.47. The topological polar surface area (TPSA) is 66.8 Å². The Bertz CT molecular complexity index is 463. The van der Waals surface area contributed by atoms with Gasteiger partial charge >= 0.3 is 5.97 Å². The molecule has 1 aromatic rings. The molecule has 0 amide bonds. The summed E-state index contributed by atoms with van der Waals surface area (Å²) in [5.74, 6) is -0.883. The predicted molar refractivity (Wildman–Crippen MR) is 72.0 cm³/mol. The van der Waals surface area contributed by atoms with E-state index >= 15 is 0 Å². The zero-order valence-corrected chi connectivity index (χ0v) is 12.4. The van der Waals surface area contributed by atoms with Crippen LogP contribution in [0.4, 0.5) is 0 Å². The van der Waals surface area contributed by atoms with Crippen molar-refractivity contribution in [3.8, 4) is 5.75 Å². The zero-order valence-electron chi connectivity index (χ0n) is 10.8. The van der Waals surface area contributed by atoms with Gasteiger partial charge in [-0.05, 0) is 17.5 Å². The van der Waals surface area contributed by atoms with Crippen molar-refractivity contribution in [2.75, 3.05) is 7.11 Å². The highest BCUT2D eigenvalue weighted by molar-refractivity contribution is 9.10. The fraction of sp³-hybridized carbons (Fsp3) is 0.462. The van der Waals surface area contributed by atoms with Crippen molar-refractivity contribution in [1.29, 1.82) is 0 Å². The Balaban J connectivity index is 3.52. The van der Waals surface area contributed by atoms with E-state index in [1.54, 1.807) is 6.07 Å². The van der Waals surface area contributed by atoms with Crippen LogP contribution in [0.25, 0.3) is 0 Å². The molecule has 0 spiro atoms. The van der Waals surface area contributed by atoms with Crippen LogP contribution >= 0.6 is 15.9 Å². The lowest BCUT2D eigenvalue weighted by Crippen LogP contribution is -2.17. The van der Waals surface area contributed by atoms with Crippen molar-refractivity contribution >= 4 is 21.9 Å². The number of aliphatic hydroxyl groups excluding tert-OH is 1. The van der Waals surface area contributed by atoms with Crippen molar-refractivity contribution in [3.05, 3.63) is 27.7 Å². The van der Waals surface area contributed by atoms with Crippen molar-refractivity contribution in [1.82, 2.24) is 0 Å². The molecule has 4 nitrogen and oxygen atoms in total. The van der Waals surface area contributed by atoms with Crippen molar-refractivity contribution in [2.24, 2.45) is 0 Å². The van der Waals surface area contributed by atoms with E-state index < -0.39 is 12.1 Å². The largest absolute Gasteiger partial charge is 0.496 e. The lowest BCUT2D eigenvalue weighted by molar-refractivity contribution is -0.147. The molecule has 0 saturated carbocycles. The normalized spacial score (nSPS) is 13.2. The van der Waals surface area contributed by atoms with E-state index in [2.05, 4.69) is 15.9 Å². The molecule has 0 aliphatic rings. The number of hydrogen-bond acceptors (Lipinski definition) is 3. The summed E-state index contributed by atoms with van der Waals surface area (Å²) in [4.78, 5) is 10.9. The van der Waals surface area contributed by atoms with Crippen LogP contribution < -0.4 is 4.74 Å². The van der Waals surface area contributed by atoms with Crippen molar-refractivity contribution in [2.45, 2.75) is 32.3 Å². The summed E-state index contributed by atoms with van der Waals surface area (Å²) in [6, 6.07) is 3.43. The second-order valence-electron chi connectivity index (χ2n) is 5.07. The Hall–Kier alpha value is -1.07. The minimum atomic E-state index is -1.60. The highest BCUT2D eigenvalue weighted by Crippen LogP contribution is 2.39. The van der Waals surface area contributed by atoms with E-state index in [1.165, 1.54) is 7.11 Å². The predicted octanol–water partition coefficient (Wildman–Crippen LogP) is 2.87. The molecule has 2 N–H and O–H groups in total. The lowest BCUT2D eigenvalue weighted by atomic mass is 9.84. The van der Waals surface area contributed by atoms with Crippen LogP contribution in [0, 0.1) is 0 Å². The molecule has 0 aliphatic carbocycles. The van der Waals surface area contributed by atoms with Crippen LogP contribution in [0.3, 0.4) is 0 Å². The van der Waals surface area contributed by atoms with Gasteiger partial charge in [0.05, 0.1) is 7.11 Å².